The molecular formula is C13H17N3O4S. The predicted octanol–water partition coefficient (Wildman–Crippen LogP) is 0.0676. The van der Waals surface area contributed by atoms with Crippen molar-refractivity contribution in [3.05, 3.63) is 28.7 Å². The molecule has 8 heteroatoms. The Labute approximate surface area is 122 Å². The molecule has 1 aliphatic rings. The molecule has 1 saturated heterocycles. The van der Waals surface area contributed by atoms with E-state index in [-0.39, 0.29) is 4.90 Å². The molecule has 114 valence electrons. The summed E-state index contributed by atoms with van der Waals surface area (Å²) in [7, 11) is -0.00932. The molecule has 0 atom stereocenters. The van der Waals surface area contributed by atoms with Crippen molar-refractivity contribution in [2.75, 3.05) is 33.2 Å². The lowest BCUT2D eigenvalue weighted by atomic mass is 10.3. The Morgan fingerprint density at radius 2 is 1.76 bits per heavy atom. The van der Waals surface area contributed by atoms with E-state index in [4.69, 9.17) is 4.42 Å². The van der Waals surface area contributed by atoms with E-state index >= 15 is 0 Å². The number of piperazine rings is 1. The highest BCUT2D eigenvalue weighted by Gasteiger charge is 2.28. The molecule has 0 amide bonds. The molecule has 2 heterocycles. The van der Waals surface area contributed by atoms with Crippen LogP contribution in [0.1, 0.15) is 0 Å². The zero-order valence-electron chi connectivity index (χ0n) is 11.9. The van der Waals surface area contributed by atoms with Crippen molar-refractivity contribution in [2.24, 2.45) is 7.05 Å². The maximum absolute atomic E-state index is 12.6. The van der Waals surface area contributed by atoms with Crippen molar-refractivity contribution in [3.63, 3.8) is 0 Å². The number of sulfonamides is 1. The van der Waals surface area contributed by atoms with E-state index < -0.39 is 15.8 Å². The van der Waals surface area contributed by atoms with Crippen molar-refractivity contribution >= 4 is 21.1 Å². The van der Waals surface area contributed by atoms with Crippen LogP contribution in [0.5, 0.6) is 0 Å². The van der Waals surface area contributed by atoms with Gasteiger partial charge in [0.15, 0.2) is 5.58 Å². The molecule has 1 aromatic heterocycles. The van der Waals surface area contributed by atoms with Gasteiger partial charge in [0.2, 0.25) is 10.0 Å². The first-order valence-corrected chi connectivity index (χ1v) is 8.12. The third kappa shape index (κ3) is 2.39. The SMILES string of the molecule is CN1CCN(S(=O)(=O)c2ccc3oc(=O)n(C)c3c2)CC1. The molecule has 0 unspecified atom stereocenters. The molecular weight excluding hydrogens is 294 g/mol. The van der Waals surface area contributed by atoms with Crippen LogP contribution in [-0.2, 0) is 17.1 Å². The third-order valence-electron chi connectivity index (χ3n) is 3.86. The van der Waals surface area contributed by atoms with Crippen molar-refractivity contribution in [2.45, 2.75) is 4.90 Å². The summed E-state index contributed by atoms with van der Waals surface area (Å²) in [6.45, 7) is 2.37. The maximum Gasteiger partial charge on any atom is 0.419 e. The molecule has 0 spiro atoms. The van der Waals surface area contributed by atoms with Crippen LogP contribution in [0.4, 0.5) is 0 Å². The van der Waals surface area contributed by atoms with E-state index in [1.807, 2.05) is 7.05 Å². The largest absolute Gasteiger partial charge is 0.419 e. The van der Waals surface area contributed by atoms with Gasteiger partial charge in [0.25, 0.3) is 0 Å². The van der Waals surface area contributed by atoms with Gasteiger partial charge in [-0.25, -0.2) is 13.2 Å². The normalized spacial score (nSPS) is 18.4. The smallest absolute Gasteiger partial charge is 0.408 e. The second-order valence-electron chi connectivity index (χ2n) is 5.26. The number of aromatic nitrogens is 1. The summed E-state index contributed by atoms with van der Waals surface area (Å²) in [4.78, 5) is 13.8. The number of benzene rings is 1. The van der Waals surface area contributed by atoms with Gasteiger partial charge in [0, 0.05) is 33.2 Å². The number of nitrogens with zero attached hydrogens (tertiary/aromatic N) is 3. The molecule has 1 aromatic carbocycles. The van der Waals surface area contributed by atoms with Gasteiger partial charge in [-0.3, -0.25) is 4.57 Å². The Kier molecular flexibility index (Phi) is 3.39. The van der Waals surface area contributed by atoms with E-state index in [1.165, 1.54) is 27.1 Å². The first kappa shape index (κ1) is 14.3. The Bertz CT molecular complexity index is 829. The van der Waals surface area contributed by atoms with Gasteiger partial charge in [-0.05, 0) is 25.2 Å². The zero-order valence-corrected chi connectivity index (χ0v) is 12.8. The van der Waals surface area contributed by atoms with Crippen LogP contribution in [0, 0.1) is 0 Å². The fourth-order valence-electron chi connectivity index (χ4n) is 2.44. The van der Waals surface area contributed by atoms with Crippen LogP contribution in [0.15, 0.2) is 32.3 Å². The van der Waals surface area contributed by atoms with Crippen LogP contribution < -0.4 is 5.76 Å². The van der Waals surface area contributed by atoms with Gasteiger partial charge in [-0.2, -0.15) is 4.31 Å². The number of fused-ring (bicyclic) bond motifs is 1. The summed E-state index contributed by atoms with van der Waals surface area (Å²) in [5.41, 5.74) is 0.870. The van der Waals surface area contributed by atoms with Crippen LogP contribution in [-0.4, -0.2) is 55.4 Å². The van der Waals surface area contributed by atoms with Gasteiger partial charge < -0.3 is 9.32 Å². The molecule has 0 saturated carbocycles. The summed E-state index contributed by atoms with van der Waals surface area (Å²) in [5, 5.41) is 0. The van der Waals surface area contributed by atoms with E-state index in [1.54, 1.807) is 7.05 Å². The number of rotatable bonds is 2. The number of hydrogen-bond acceptors (Lipinski definition) is 5. The van der Waals surface area contributed by atoms with Crippen LogP contribution in [0.2, 0.25) is 0 Å². The summed E-state index contributed by atoms with van der Waals surface area (Å²) in [6.07, 6.45) is 0. The highest BCUT2D eigenvalue weighted by molar-refractivity contribution is 7.89. The van der Waals surface area contributed by atoms with Crippen molar-refractivity contribution in [1.29, 1.82) is 0 Å². The van der Waals surface area contributed by atoms with E-state index in [0.717, 1.165) is 0 Å². The van der Waals surface area contributed by atoms with Gasteiger partial charge >= 0.3 is 5.76 Å². The predicted molar refractivity (Wildman–Crippen MR) is 77.7 cm³/mol. The second kappa shape index (κ2) is 4.97. The minimum absolute atomic E-state index is 0.191. The molecule has 0 radical (unpaired) electrons. The van der Waals surface area contributed by atoms with Crippen molar-refractivity contribution < 1.29 is 12.8 Å². The van der Waals surface area contributed by atoms with Crippen molar-refractivity contribution in [3.8, 4) is 0 Å². The van der Waals surface area contributed by atoms with Crippen LogP contribution in [0.3, 0.4) is 0 Å². The van der Waals surface area contributed by atoms with Gasteiger partial charge in [0.05, 0.1) is 10.4 Å². The van der Waals surface area contributed by atoms with Gasteiger partial charge in [-0.15, -0.1) is 0 Å². The minimum Gasteiger partial charge on any atom is -0.408 e. The van der Waals surface area contributed by atoms with E-state index in [0.29, 0.717) is 37.3 Å². The highest BCUT2D eigenvalue weighted by Crippen LogP contribution is 2.22. The Balaban J connectivity index is 2.02. The molecule has 1 fully saturated rings. The average Bonchev–Trinajstić information content (AvgIpc) is 2.74. The quantitative estimate of drug-likeness (QED) is 0.784. The summed E-state index contributed by atoms with van der Waals surface area (Å²) >= 11 is 0. The third-order valence-corrected chi connectivity index (χ3v) is 5.76. The summed E-state index contributed by atoms with van der Waals surface area (Å²) in [6, 6.07) is 4.51. The summed E-state index contributed by atoms with van der Waals surface area (Å²) in [5.74, 6) is -0.501. The van der Waals surface area contributed by atoms with E-state index in [2.05, 4.69) is 4.90 Å². The molecule has 0 N–H and O–H groups in total. The maximum atomic E-state index is 12.6. The Morgan fingerprint density at radius 3 is 2.43 bits per heavy atom. The lowest BCUT2D eigenvalue weighted by molar-refractivity contribution is 0.222. The lowest BCUT2D eigenvalue weighted by Gasteiger charge is -2.31. The molecule has 7 nitrogen and oxygen atoms in total. The number of likely N-dealkylation sites (N-methyl/N-ethyl adjacent to an activating group) is 1. The number of hydrogen-bond donors (Lipinski definition) is 0. The molecule has 3 rings (SSSR count). The van der Waals surface area contributed by atoms with Gasteiger partial charge in [0.1, 0.15) is 0 Å². The molecule has 0 aliphatic carbocycles. The van der Waals surface area contributed by atoms with Crippen LogP contribution >= 0.6 is 0 Å². The fraction of sp³-hybridized carbons (Fsp3) is 0.462. The van der Waals surface area contributed by atoms with Gasteiger partial charge in [-0.1, -0.05) is 0 Å². The molecule has 1 aliphatic heterocycles. The first-order chi connectivity index (χ1) is 9.89. The molecule has 0 bridgehead atoms. The lowest BCUT2D eigenvalue weighted by Crippen LogP contribution is -2.47. The monoisotopic (exact) mass is 311 g/mol. The number of aryl methyl sites for hydroxylation is 1. The first-order valence-electron chi connectivity index (χ1n) is 6.68. The second-order valence-corrected chi connectivity index (χ2v) is 7.20. The Morgan fingerprint density at radius 1 is 1.10 bits per heavy atom. The average molecular weight is 311 g/mol. The van der Waals surface area contributed by atoms with Crippen molar-refractivity contribution in [1.82, 2.24) is 13.8 Å². The topological polar surface area (TPSA) is 75.8 Å². The zero-order chi connectivity index (χ0) is 15.2. The molecule has 21 heavy (non-hydrogen) atoms. The standard InChI is InChI=1S/C13H17N3O4S/c1-14-5-7-16(8-6-14)21(18,19)10-3-4-12-11(9-10)15(2)13(17)20-12/h3-4,9H,5-8H2,1-2H3. The number of oxazole rings is 1. The van der Waals surface area contributed by atoms with E-state index in [9.17, 15) is 13.2 Å². The fourth-order valence-corrected chi connectivity index (χ4v) is 3.89. The highest BCUT2D eigenvalue weighted by atomic mass is 32.2. The minimum atomic E-state index is -3.53. The summed E-state index contributed by atoms with van der Waals surface area (Å²) < 4.78 is 33.1. The molecule has 2 aromatic rings. The van der Waals surface area contributed by atoms with Crippen LogP contribution in [0.25, 0.3) is 11.1 Å². The Hall–Kier alpha value is -1.64.